The van der Waals surface area contributed by atoms with Gasteiger partial charge < -0.3 is 4.90 Å². The summed E-state index contributed by atoms with van der Waals surface area (Å²) < 4.78 is 0. The highest BCUT2D eigenvalue weighted by Crippen LogP contribution is 1.92. The van der Waals surface area contributed by atoms with Crippen LogP contribution in [0.1, 0.15) is 0 Å². The maximum atomic E-state index is 5.09. The zero-order valence-electron chi connectivity index (χ0n) is 7.25. The Balaban J connectivity index is 3.95. The van der Waals surface area contributed by atoms with E-state index in [1.165, 1.54) is 0 Å². The lowest BCUT2D eigenvalue weighted by Crippen LogP contribution is -2.43. The van der Waals surface area contributed by atoms with Crippen LogP contribution < -0.4 is 0 Å². The molecule has 0 atom stereocenters. The summed E-state index contributed by atoms with van der Waals surface area (Å²) in [6.07, 6.45) is 0. The zero-order chi connectivity index (χ0) is 8.31. The summed E-state index contributed by atoms with van der Waals surface area (Å²) in [5.41, 5.74) is 0. The minimum absolute atomic E-state index is 0.810. The standard InChI is InChI=1S/C6H15N3S/c1-7(2)6(10)9(5)8(3)4/h1-5H3. The first-order valence-corrected chi connectivity index (χ1v) is 3.50. The number of rotatable bonds is 1. The Bertz CT molecular complexity index is 122. The smallest absolute Gasteiger partial charge is 0.185 e. The number of nitrogens with zero attached hydrogens (tertiary/aromatic N) is 3. The number of thiocarbonyl (C=S) groups is 1. The molecule has 0 rings (SSSR count). The Kier molecular flexibility index (Phi) is 3.60. The van der Waals surface area contributed by atoms with E-state index in [4.69, 9.17) is 12.2 Å². The summed E-state index contributed by atoms with van der Waals surface area (Å²) in [7, 11) is 9.71. The van der Waals surface area contributed by atoms with Gasteiger partial charge in [0.25, 0.3) is 0 Å². The first-order valence-electron chi connectivity index (χ1n) is 3.09. The van der Waals surface area contributed by atoms with Crippen molar-refractivity contribution >= 4 is 17.3 Å². The average Bonchev–Trinajstić information content (AvgIpc) is 1.84. The van der Waals surface area contributed by atoms with E-state index in [0.717, 1.165) is 5.11 Å². The number of hydrazine groups is 1. The van der Waals surface area contributed by atoms with Crippen LogP contribution in [0.25, 0.3) is 0 Å². The Morgan fingerprint density at radius 1 is 1.00 bits per heavy atom. The quantitative estimate of drug-likeness (QED) is 0.402. The highest BCUT2D eigenvalue weighted by atomic mass is 32.1. The van der Waals surface area contributed by atoms with Crippen LogP contribution in [0.3, 0.4) is 0 Å². The first-order chi connectivity index (χ1) is 4.46. The van der Waals surface area contributed by atoms with E-state index in [0.29, 0.717) is 0 Å². The van der Waals surface area contributed by atoms with Gasteiger partial charge in [-0.1, -0.05) is 0 Å². The highest BCUT2D eigenvalue weighted by molar-refractivity contribution is 7.80. The molecule has 0 saturated carbocycles. The molecule has 3 nitrogen and oxygen atoms in total. The SMILES string of the molecule is CN(C)C(=S)N(C)N(C)C. The maximum Gasteiger partial charge on any atom is 0.185 e. The van der Waals surface area contributed by atoms with Crippen LogP contribution >= 0.6 is 12.2 Å². The maximum absolute atomic E-state index is 5.09. The summed E-state index contributed by atoms with van der Waals surface area (Å²) in [5.74, 6) is 0. The molecule has 0 spiro atoms. The molecule has 0 saturated heterocycles. The largest absolute Gasteiger partial charge is 0.354 e. The minimum atomic E-state index is 0.810. The molecule has 0 aromatic heterocycles. The van der Waals surface area contributed by atoms with Gasteiger partial charge in [0.2, 0.25) is 0 Å². The lowest BCUT2D eigenvalue weighted by atomic mass is 10.8. The third-order valence-electron chi connectivity index (χ3n) is 1.26. The van der Waals surface area contributed by atoms with Crippen molar-refractivity contribution in [2.24, 2.45) is 0 Å². The summed E-state index contributed by atoms with van der Waals surface area (Å²) >= 11 is 5.09. The van der Waals surface area contributed by atoms with Crippen molar-refractivity contribution in [2.75, 3.05) is 35.2 Å². The molecule has 0 radical (unpaired) electrons. The van der Waals surface area contributed by atoms with Gasteiger partial charge in [-0.15, -0.1) is 0 Å². The van der Waals surface area contributed by atoms with Gasteiger partial charge in [-0.25, -0.2) is 5.01 Å². The van der Waals surface area contributed by atoms with E-state index < -0.39 is 0 Å². The summed E-state index contributed by atoms with van der Waals surface area (Å²) in [4.78, 5) is 1.90. The molecule has 0 amide bonds. The molecule has 10 heavy (non-hydrogen) atoms. The van der Waals surface area contributed by atoms with E-state index in [1.807, 2.05) is 50.2 Å². The van der Waals surface area contributed by atoms with Gasteiger partial charge in [0.15, 0.2) is 5.11 Å². The third-order valence-corrected chi connectivity index (χ3v) is 1.89. The molecule has 0 unspecified atom stereocenters. The van der Waals surface area contributed by atoms with Crippen LogP contribution in [0.2, 0.25) is 0 Å². The second-order valence-electron chi connectivity index (χ2n) is 2.55. The van der Waals surface area contributed by atoms with Gasteiger partial charge >= 0.3 is 0 Å². The molecule has 0 bridgehead atoms. The lowest BCUT2D eigenvalue weighted by Gasteiger charge is -2.30. The van der Waals surface area contributed by atoms with Crippen LogP contribution in [-0.4, -0.2) is 55.3 Å². The Morgan fingerprint density at radius 3 is 1.50 bits per heavy atom. The normalized spacial score (nSPS) is 9.80. The fourth-order valence-corrected chi connectivity index (χ4v) is 0.624. The van der Waals surface area contributed by atoms with Crippen molar-refractivity contribution in [3.8, 4) is 0 Å². The van der Waals surface area contributed by atoms with E-state index in [9.17, 15) is 0 Å². The van der Waals surface area contributed by atoms with Crippen molar-refractivity contribution in [1.29, 1.82) is 0 Å². The van der Waals surface area contributed by atoms with Gasteiger partial charge in [-0.2, -0.15) is 0 Å². The van der Waals surface area contributed by atoms with Crippen LogP contribution in [0.5, 0.6) is 0 Å². The van der Waals surface area contributed by atoms with Crippen molar-refractivity contribution in [3.05, 3.63) is 0 Å². The zero-order valence-corrected chi connectivity index (χ0v) is 8.07. The first kappa shape index (κ1) is 9.65. The van der Waals surface area contributed by atoms with E-state index in [-0.39, 0.29) is 0 Å². The molecule has 0 aliphatic heterocycles. The highest BCUT2D eigenvalue weighted by Gasteiger charge is 2.06. The third kappa shape index (κ3) is 2.49. The molecule has 0 fully saturated rings. The summed E-state index contributed by atoms with van der Waals surface area (Å²) in [5, 5.41) is 4.64. The van der Waals surface area contributed by atoms with Crippen molar-refractivity contribution < 1.29 is 0 Å². The van der Waals surface area contributed by atoms with Crippen molar-refractivity contribution in [2.45, 2.75) is 0 Å². The molecule has 0 aromatic carbocycles. The molecule has 60 valence electrons. The lowest BCUT2D eigenvalue weighted by molar-refractivity contribution is 0.133. The minimum Gasteiger partial charge on any atom is -0.354 e. The number of hydrogen-bond acceptors (Lipinski definition) is 2. The predicted molar refractivity (Wildman–Crippen MR) is 47.7 cm³/mol. The number of hydrogen-bond donors (Lipinski definition) is 0. The van der Waals surface area contributed by atoms with Crippen LogP contribution in [0, 0.1) is 0 Å². The van der Waals surface area contributed by atoms with Gasteiger partial charge in [-0.05, 0) is 12.2 Å². The molecule has 0 N–H and O–H groups in total. The van der Waals surface area contributed by atoms with Crippen LogP contribution in [-0.2, 0) is 0 Å². The molecular formula is C6H15N3S. The molecular weight excluding hydrogens is 146 g/mol. The summed E-state index contributed by atoms with van der Waals surface area (Å²) in [6.45, 7) is 0. The van der Waals surface area contributed by atoms with Gasteiger partial charge in [0, 0.05) is 35.2 Å². The van der Waals surface area contributed by atoms with Crippen LogP contribution in [0.15, 0.2) is 0 Å². The van der Waals surface area contributed by atoms with E-state index >= 15 is 0 Å². The van der Waals surface area contributed by atoms with Crippen LogP contribution in [0.4, 0.5) is 0 Å². The van der Waals surface area contributed by atoms with E-state index in [2.05, 4.69) is 0 Å². The monoisotopic (exact) mass is 161 g/mol. The van der Waals surface area contributed by atoms with Crippen molar-refractivity contribution in [3.63, 3.8) is 0 Å². The molecule has 0 aromatic rings. The fraction of sp³-hybridized carbons (Fsp3) is 0.833. The predicted octanol–water partition coefficient (Wildman–Crippen LogP) is 0.241. The van der Waals surface area contributed by atoms with Gasteiger partial charge in [-0.3, -0.25) is 5.01 Å². The Morgan fingerprint density at radius 2 is 1.40 bits per heavy atom. The Labute approximate surface area is 68.2 Å². The molecule has 0 aliphatic carbocycles. The topological polar surface area (TPSA) is 9.72 Å². The fourth-order valence-electron chi connectivity index (χ4n) is 0.461. The second kappa shape index (κ2) is 3.73. The Hall–Kier alpha value is -0.350. The second-order valence-corrected chi connectivity index (χ2v) is 2.91. The van der Waals surface area contributed by atoms with E-state index in [1.54, 1.807) is 0 Å². The average molecular weight is 161 g/mol. The van der Waals surface area contributed by atoms with Gasteiger partial charge in [0.1, 0.15) is 0 Å². The molecule has 0 aliphatic rings. The van der Waals surface area contributed by atoms with Crippen molar-refractivity contribution in [1.82, 2.24) is 14.9 Å². The van der Waals surface area contributed by atoms with Gasteiger partial charge in [0.05, 0.1) is 0 Å². The molecule has 0 heterocycles. The molecule has 4 heteroatoms. The summed E-state index contributed by atoms with van der Waals surface area (Å²) in [6, 6.07) is 0.